The van der Waals surface area contributed by atoms with Crippen molar-refractivity contribution >= 4 is 17.6 Å². The van der Waals surface area contributed by atoms with Crippen LogP contribution in [-0.2, 0) is 14.9 Å². The van der Waals surface area contributed by atoms with E-state index >= 15 is 0 Å². The lowest BCUT2D eigenvalue weighted by Gasteiger charge is -2.45. The summed E-state index contributed by atoms with van der Waals surface area (Å²) in [5.74, 6) is -3.42. The van der Waals surface area contributed by atoms with Crippen molar-refractivity contribution in [1.82, 2.24) is 0 Å². The maximum atomic E-state index is 13.1. The molecule has 1 fully saturated rings. The lowest BCUT2D eigenvalue weighted by Crippen LogP contribution is -2.54. The SMILES string of the molecule is COC(=O)C1(c2ccc(Cl)cc2)CC(F)(F)C1. The molecule has 17 heavy (non-hydrogen) atoms. The second-order valence-electron chi connectivity index (χ2n) is 4.29. The number of hydrogen-bond acceptors (Lipinski definition) is 2. The highest BCUT2D eigenvalue weighted by atomic mass is 35.5. The van der Waals surface area contributed by atoms with Gasteiger partial charge in [-0.2, -0.15) is 0 Å². The van der Waals surface area contributed by atoms with E-state index in [4.69, 9.17) is 11.6 Å². The molecule has 92 valence electrons. The van der Waals surface area contributed by atoms with E-state index in [0.717, 1.165) is 0 Å². The van der Waals surface area contributed by atoms with Crippen LogP contribution in [0.15, 0.2) is 24.3 Å². The van der Waals surface area contributed by atoms with Gasteiger partial charge in [-0.05, 0) is 17.7 Å². The van der Waals surface area contributed by atoms with Gasteiger partial charge >= 0.3 is 5.97 Å². The van der Waals surface area contributed by atoms with Crippen molar-refractivity contribution in [3.8, 4) is 0 Å². The third-order valence-electron chi connectivity index (χ3n) is 3.09. The van der Waals surface area contributed by atoms with Crippen molar-refractivity contribution in [3.05, 3.63) is 34.9 Å². The average molecular weight is 261 g/mol. The molecular formula is C12H11ClF2O2. The van der Waals surface area contributed by atoms with Crippen LogP contribution in [0.4, 0.5) is 8.78 Å². The van der Waals surface area contributed by atoms with Gasteiger partial charge in [-0.3, -0.25) is 4.79 Å². The molecule has 2 rings (SSSR count). The zero-order chi connectivity index (χ0) is 12.7. The van der Waals surface area contributed by atoms with E-state index in [1.54, 1.807) is 24.3 Å². The van der Waals surface area contributed by atoms with Gasteiger partial charge in [0.2, 0.25) is 0 Å². The summed E-state index contributed by atoms with van der Waals surface area (Å²) in [6.07, 6.45) is -1.01. The van der Waals surface area contributed by atoms with Crippen molar-refractivity contribution in [2.75, 3.05) is 7.11 Å². The Labute approximate surface area is 103 Å². The van der Waals surface area contributed by atoms with Crippen LogP contribution in [0.3, 0.4) is 0 Å². The zero-order valence-electron chi connectivity index (χ0n) is 9.17. The number of methoxy groups -OCH3 is 1. The summed E-state index contributed by atoms with van der Waals surface area (Å²) >= 11 is 5.73. The number of alkyl halides is 2. The molecule has 0 N–H and O–H groups in total. The highest BCUT2D eigenvalue weighted by molar-refractivity contribution is 6.30. The Morgan fingerprint density at radius 2 is 1.82 bits per heavy atom. The minimum Gasteiger partial charge on any atom is -0.468 e. The Morgan fingerprint density at radius 3 is 2.24 bits per heavy atom. The van der Waals surface area contributed by atoms with Crippen molar-refractivity contribution in [2.45, 2.75) is 24.2 Å². The van der Waals surface area contributed by atoms with Crippen molar-refractivity contribution in [2.24, 2.45) is 0 Å². The first kappa shape index (κ1) is 12.3. The monoisotopic (exact) mass is 260 g/mol. The molecule has 0 atom stereocenters. The molecule has 0 unspecified atom stereocenters. The molecule has 1 aliphatic rings. The van der Waals surface area contributed by atoms with Crippen molar-refractivity contribution in [1.29, 1.82) is 0 Å². The summed E-state index contributed by atoms with van der Waals surface area (Å²) in [4.78, 5) is 11.7. The largest absolute Gasteiger partial charge is 0.468 e. The van der Waals surface area contributed by atoms with Crippen LogP contribution in [0, 0.1) is 0 Å². The summed E-state index contributed by atoms with van der Waals surface area (Å²) < 4.78 is 30.8. The van der Waals surface area contributed by atoms with Gasteiger partial charge in [0, 0.05) is 17.9 Å². The molecule has 5 heteroatoms. The molecule has 0 heterocycles. The minimum atomic E-state index is -2.80. The molecule has 1 aliphatic carbocycles. The van der Waals surface area contributed by atoms with Crippen molar-refractivity contribution in [3.63, 3.8) is 0 Å². The number of benzene rings is 1. The first-order valence-electron chi connectivity index (χ1n) is 5.12. The fourth-order valence-corrected chi connectivity index (χ4v) is 2.39. The number of esters is 1. The maximum Gasteiger partial charge on any atom is 0.316 e. The molecule has 0 saturated heterocycles. The second kappa shape index (κ2) is 3.95. The van der Waals surface area contributed by atoms with Crippen LogP contribution in [0.25, 0.3) is 0 Å². The molecule has 2 nitrogen and oxygen atoms in total. The number of carbonyl (C=O) groups excluding carboxylic acids is 1. The normalized spacial score (nSPS) is 20.5. The van der Waals surface area contributed by atoms with Crippen LogP contribution in [0.1, 0.15) is 18.4 Å². The van der Waals surface area contributed by atoms with E-state index in [1.807, 2.05) is 0 Å². The van der Waals surface area contributed by atoms with Crippen LogP contribution < -0.4 is 0 Å². The van der Waals surface area contributed by atoms with Gasteiger partial charge in [-0.15, -0.1) is 0 Å². The number of halogens is 3. The van der Waals surface area contributed by atoms with Crippen LogP contribution in [0.2, 0.25) is 5.02 Å². The number of hydrogen-bond donors (Lipinski definition) is 0. The van der Waals surface area contributed by atoms with E-state index < -0.39 is 30.1 Å². The third kappa shape index (κ3) is 2.02. The Kier molecular flexibility index (Phi) is 2.86. The molecule has 1 aromatic rings. The Hall–Kier alpha value is -1.16. The van der Waals surface area contributed by atoms with Crippen LogP contribution >= 0.6 is 11.6 Å². The van der Waals surface area contributed by atoms with Gasteiger partial charge in [0.1, 0.15) is 5.41 Å². The molecule has 0 spiro atoms. The first-order valence-corrected chi connectivity index (χ1v) is 5.50. The van der Waals surface area contributed by atoms with Gasteiger partial charge < -0.3 is 4.74 Å². The summed E-state index contributed by atoms with van der Waals surface area (Å²) in [5.41, 5.74) is -0.692. The highest BCUT2D eigenvalue weighted by Gasteiger charge is 2.62. The number of rotatable bonds is 2. The molecule has 0 amide bonds. The first-order chi connectivity index (χ1) is 7.89. The predicted octanol–water partition coefficient (Wildman–Crippen LogP) is 3.18. The highest BCUT2D eigenvalue weighted by Crippen LogP contribution is 2.54. The summed E-state index contributed by atoms with van der Waals surface area (Å²) in [5, 5.41) is 0.500. The van der Waals surface area contributed by atoms with E-state index in [-0.39, 0.29) is 0 Å². The predicted molar refractivity (Wildman–Crippen MR) is 59.3 cm³/mol. The minimum absolute atomic E-state index is 0.500. The van der Waals surface area contributed by atoms with Gasteiger partial charge in [-0.1, -0.05) is 23.7 Å². The van der Waals surface area contributed by atoms with Gasteiger partial charge in [0.05, 0.1) is 7.11 Å². The van der Waals surface area contributed by atoms with Crippen molar-refractivity contribution < 1.29 is 18.3 Å². The second-order valence-corrected chi connectivity index (χ2v) is 4.73. The molecule has 1 aromatic carbocycles. The van der Waals surface area contributed by atoms with Gasteiger partial charge in [-0.25, -0.2) is 8.78 Å². The number of ether oxygens (including phenoxy) is 1. The Morgan fingerprint density at radius 1 is 1.29 bits per heavy atom. The fourth-order valence-electron chi connectivity index (χ4n) is 2.26. The third-order valence-corrected chi connectivity index (χ3v) is 3.35. The lowest BCUT2D eigenvalue weighted by molar-refractivity contribution is -0.177. The molecular weight excluding hydrogens is 250 g/mol. The zero-order valence-corrected chi connectivity index (χ0v) is 9.93. The van der Waals surface area contributed by atoms with Crippen LogP contribution in [0.5, 0.6) is 0 Å². The summed E-state index contributed by atoms with van der Waals surface area (Å²) in [6.45, 7) is 0. The van der Waals surface area contributed by atoms with E-state index in [1.165, 1.54) is 7.11 Å². The van der Waals surface area contributed by atoms with E-state index in [9.17, 15) is 13.6 Å². The smallest absolute Gasteiger partial charge is 0.316 e. The topological polar surface area (TPSA) is 26.3 Å². The lowest BCUT2D eigenvalue weighted by atomic mass is 9.62. The molecule has 1 saturated carbocycles. The van der Waals surface area contributed by atoms with E-state index in [0.29, 0.717) is 10.6 Å². The maximum absolute atomic E-state index is 13.1. The molecule has 0 bridgehead atoms. The van der Waals surface area contributed by atoms with Crippen LogP contribution in [-0.4, -0.2) is 19.0 Å². The Balaban J connectivity index is 2.36. The van der Waals surface area contributed by atoms with E-state index in [2.05, 4.69) is 4.74 Å². The molecule has 0 radical (unpaired) electrons. The molecule has 0 aromatic heterocycles. The Bertz CT molecular complexity index is 434. The quantitative estimate of drug-likeness (QED) is 0.764. The average Bonchev–Trinajstić information content (AvgIpc) is 2.25. The van der Waals surface area contributed by atoms with Gasteiger partial charge in [0.15, 0.2) is 0 Å². The number of carbonyl (C=O) groups is 1. The molecule has 0 aliphatic heterocycles. The summed E-state index contributed by atoms with van der Waals surface area (Å²) in [7, 11) is 1.20. The standard InChI is InChI=1S/C12H11ClF2O2/c1-17-10(16)11(6-12(14,15)7-11)8-2-4-9(13)5-3-8/h2-5H,6-7H2,1H3. The fraction of sp³-hybridized carbons (Fsp3) is 0.417. The summed E-state index contributed by atoms with van der Waals surface area (Å²) in [6, 6.07) is 6.35. The van der Waals surface area contributed by atoms with Gasteiger partial charge in [0.25, 0.3) is 5.92 Å².